The number of carbonyl (C=O) groups excluding carboxylic acids is 2. The third-order valence-corrected chi connectivity index (χ3v) is 4.64. The number of aromatic nitrogens is 2. The maximum Gasteiger partial charge on any atom is 0.406 e. The first-order valence-corrected chi connectivity index (χ1v) is 9.25. The minimum Gasteiger partial charge on any atom is -0.334 e. The van der Waals surface area contributed by atoms with Crippen molar-refractivity contribution >= 4 is 23.3 Å². The van der Waals surface area contributed by atoms with Crippen LogP contribution in [0, 0.1) is 0 Å². The molecule has 30 heavy (non-hydrogen) atoms. The predicted molar refractivity (Wildman–Crippen MR) is 105 cm³/mol. The van der Waals surface area contributed by atoms with E-state index in [0.29, 0.717) is 10.6 Å². The van der Waals surface area contributed by atoms with Gasteiger partial charge in [-0.25, -0.2) is 4.98 Å². The number of hydrogen-bond acceptors (Lipinski definition) is 3. The normalized spacial score (nSPS) is 11.4. The minimum absolute atomic E-state index is 0.0877. The summed E-state index contributed by atoms with van der Waals surface area (Å²) in [6, 6.07) is 12.6. The molecule has 0 atom stereocenters. The molecular weight excluding hydrogens is 419 g/mol. The summed E-state index contributed by atoms with van der Waals surface area (Å²) >= 11 is 5.86. The molecule has 0 aliphatic heterocycles. The van der Waals surface area contributed by atoms with Gasteiger partial charge in [0.05, 0.1) is 12.1 Å². The van der Waals surface area contributed by atoms with E-state index in [0.717, 1.165) is 4.57 Å². The topological polar surface area (TPSA) is 55.2 Å². The Morgan fingerprint density at radius 1 is 1.07 bits per heavy atom. The lowest BCUT2D eigenvalue weighted by Gasteiger charge is -2.19. The highest BCUT2D eigenvalue weighted by Gasteiger charge is 2.29. The van der Waals surface area contributed by atoms with Crippen molar-refractivity contribution in [2.75, 3.05) is 7.05 Å². The van der Waals surface area contributed by atoms with E-state index in [2.05, 4.69) is 4.98 Å². The van der Waals surface area contributed by atoms with Gasteiger partial charge in [-0.1, -0.05) is 29.8 Å². The fourth-order valence-electron chi connectivity index (χ4n) is 2.94. The number of carbonyl (C=O) groups is 2. The van der Waals surface area contributed by atoms with Crippen LogP contribution in [-0.4, -0.2) is 39.4 Å². The van der Waals surface area contributed by atoms with Crippen LogP contribution in [0.1, 0.15) is 32.1 Å². The van der Waals surface area contributed by atoms with Crippen LogP contribution >= 0.6 is 11.6 Å². The molecule has 0 unspecified atom stereocenters. The first kappa shape index (κ1) is 21.6. The Morgan fingerprint density at radius 2 is 1.70 bits per heavy atom. The first-order valence-electron chi connectivity index (χ1n) is 8.87. The van der Waals surface area contributed by atoms with Gasteiger partial charge in [0, 0.05) is 35.6 Å². The number of alkyl halides is 3. The van der Waals surface area contributed by atoms with Gasteiger partial charge < -0.3 is 9.47 Å². The Kier molecular flexibility index (Phi) is 6.26. The smallest absolute Gasteiger partial charge is 0.334 e. The molecule has 156 valence electrons. The van der Waals surface area contributed by atoms with Crippen molar-refractivity contribution in [2.45, 2.75) is 19.3 Å². The molecule has 0 spiro atoms. The van der Waals surface area contributed by atoms with Crippen molar-refractivity contribution in [1.29, 1.82) is 0 Å². The van der Waals surface area contributed by atoms with E-state index in [4.69, 9.17) is 11.6 Å². The molecule has 5 nitrogen and oxygen atoms in total. The molecule has 0 fully saturated rings. The van der Waals surface area contributed by atoms with Crippen LogP contribution in [-0.2, 0) is 13.1 Å². The molecule has 3 rings (SSSR count). The summed E-state index contributed by atoms with van der Waals surface area (Å²) in [4.78, 5) is 31.0. The average molecular weight is 436 g/mol. The predicted octanol–water partition coefficient (Wildman–Crippen LogP) is 4.60. The maximum atomic E-state index is 13.0. The highest BCUT2D eigenvalue weighted by atomic mass is 35.5. The summed E-state index contributed by atoms with van der Waals surface area (Å²) in [7, 11) is 1.44. The van der Waals surface area contributed by atoms with Crippen LogP contribution in [0.4, 0.5) is 13.2 Å². The molecule has 0 aliphatic rings. The third kappa shape index (κ3) is 5.07. The molecule has 0 bridgehead atoms. The minimum atomic E-state index is -4.41. The molecule has 9 heteroatoms. The van der Waals surface area contributed by atoms with Gasteiger partial charge in [-0.2, -0.15) is 13.2 Å². The summed E-state index contributed by atoms with van der Waals surface area (Å²) in [6.45, 7) is -1.35. The van der Waals surface area contributed by atoms with Crippen LogP contribution in [0.5, 0.6) is 0 Å². The monoisotopic (exact) mass is 435 g/mol. The Balaban J connectivity index is 1.83. The van der Waals surface area contributed by atoms with Gasteiger partial charge in [-0.05, 0) is 30.3 Å². The summed E-state index contributed by atoms with van der Waals surface area (Å²) in [6.07, 6.45) is -1.95. The van der Waals surface area contributed by atoms with Gasteiger partial charge in [-0.3, -0.25) is 9.59 Å². The van der Waals surface area contributed by atoms with E-state index in [1.54, 1.807) is 36.4 Å². The number of amides is 1. The van der Waals surface area contributed by atoms with Crippen LogP contribution in [0.2, 0.25) is 5.02 Å². The summed E-state index contributed by atoms with van der Waals surface area (Å²) in [5, 5.41) is 0.477. The van der Waals surface area contributed by atoms with Gasteiger partial charge in [0.25, 0.3) is 5.91 Å². The van der Waals surface area contributed by atoms with Crippen molar-refractivity contribution in [3.63, 3.8) is 0 Å². The number of halogens is 4. The van der Waals surface area contributed by atoms with Crippen molar-refractivity contribution in [3.8, 4) is 0 Å². The number of imidazole rings is 1. The summed E-state index contributed by atoms with van der Waals surface area (Å²) < 4.78 is 39.1. The molecule has 0 saturated heterocycles. The molecule has 0 saturated carbocycles. The van der Waals surface area contributed by atoms with E-state index in [1.165, 1.54) is 36.5 Å². The van der Waals surface area contributed by atoms with Gasteiger partial charge in [0.2, 0.25) is 0 Å². The second kappa shape index (κ2) is 8.71. The van der Waals surface area contributed by atoms with E-state index < -0.39 is 18.6 Å². The SMILES string of the molecule is CN(Cc1nccn1CC(F)(F)F)C(=O)c1ccccc1C(=O)c1ccc(Cl)cc1. The van der Waals surface area contributed by atoms with Gasteiger partial charge in [0.1, 0.15) is 12.4 Å². The molecular formula is C21H17ClF3N3O2. The van der Waals surface area contributed by atoms with Crippen LogP contribution in [0.25, 0.3) is 0 Å². The molecule has 0 N–H and O–H groups in total. The third-order valence-electron chi connectivity index (χ3n) is 4.39. The Bertz CT molecular complexity index is 1060. The zero-order valence-electron chi connectivity index (χ0n) is 15.9. The first-order chi connectivity index (χ1) is 14.2. The van der Waals surface area contributed by atoms with E-state index >= 15 is 0 Å². The van der Waals surface area contributed by atoms with Crippen LogP contribution in [0.3, 0.4) is 0 Å². The molecule has 0 aliphatic carbocycles. The quantitative estimate of drug-likeness (QED) is 0.532. The molecule has 3 aromatic rings. The lowest BCUT2D eigenvalue weighted by Crippen LogP contribution is -2.30. The zero-order valence-corrected chi connectivity index (χ0v) is 16.6. The van der Waals surface area contributed by atoms with E-state index in [-0.39, 0.29) is 29.3 Å². The Morgan fingerprint density at radius 3 is 2.33 bits per heavy atom. The molecule has 2 aromatic carbocycles. The van der Waals surface area contributed by atoms with Crippen molar-refractivity contribution in [3.05, 3.63) is 88.5 Å². The number of nitrogens with zero attached hydrogens (tertiary/aromatic N) is 3. The number of benzene rings is 2. The van der Waals surface area contributed by atoms with Crippen LogP contribution in [0.15, 0.2) is 60.9 Å². The van der Waals surface area contributed by atoms with E-state index in [1.807, 2.05) is 0 Å². The lowest BCUT2D eigenvalue weighted by molar-refractivity contribution is -0.141. The summed E-state index contributed by atoms with van der Waals surface area (Å²) in [5.74, 6) is -0.776. The maximum absolute atomic E-state index is 13.0. The Hall–Kier alpha value is -3.13. The fraction of sp³-hybridized carbons (Fsp3) is 0.190. The second-order valence-electron chi connectivity index (χ2n) is 6.63. The van der Waals surface area contributed by atoms with Crippen molar-refractivity contribution in [1.82, 2.24) is 14.5 Å². The molecule has 1 aromatic heterocycles. The standard InChI is InChI=1S/C21H17ClF3N3O2/c1-27(12-18-26-10-11-28(18)13-21(23,24)25)20(30)17-5-3-2-4-16(17)19(29)14-6-8-15(22)9-7-14/h2-11H,12-13H2,1H3. The van der Waals surface area contributed by atoms with Crippen LogP contribution < -0.4 is 0 Å². The largest absolute Gasteiger partial charge is 0.406 e. The Labute approximate surface area is 175 Å². The summed E-state index contributed by atoms with van der Waals surface area (Å²) in [5.41, 5.74) is 0.701. The van der Waals surface area contributed by atoms with Crippen molar-refractivity contribution < 1.29 is 22.8 Å². The van der Waals surface area contributed by atoms with Crippen molar-refractivity contribution in [2.24, 2.45) is 0 Å². The van der Waals surface area contributed by atoms with Gasteiger partial charge >= 0.3 is 6.18 Å². The zero-order chi connectivity index (χ0) is 21.9. The average Bonchev–Trinajstić information content (AvgIpc) is 3.12. The number of hydrogen-bond donors (Lipinski definition) is 0. The lowest BCUT2D eigenvalue weighted by atomic mass is 9.97. The second-order valence-corrected chi connectivity index (χ2v) is 7.07. The molecule has 1 heterocycles. The van der Waals surface area contributed by atoms with E-state index in [9.17, 15) is 22.8 Å². The molecule has 0 radical (unpaired) electrons. The van der Waals surface area contributed by atoms with Gasteiger partial charge in [0.15, 0.2) is 5.78 Å². The number of ketones is 1. The molecule has 1 amide bonds. The highest BCUT2D eigenvalue weighted by molar-refractivity contribution is 6.30. The fourth-order valence-corrected chi connectivity index (χ4v) is 3.07. The highest BCUT2D eigenvalue weighted by Crippen LogP contribution is 2.21. The number of rotatable bonds is 6. The van der Waals surface area contributed by atoms with Gasteiger partial charge in [-0.15, -0.1) is 0 Å².